The average molecular weight is 257 g/mol. The molecular formula is C10H15N3O3S. The van der Waals surface area contributed by atoms with Gasteiger partial charge in [-0.25, -0.2) is 13.4 Å². The quantitative estimate of drug-likeness (QED) is 0.824. The SMILES string of the molecule is CCCN(c1cccnc1C(N)=O)S(C)(=O)=O. The lowest BCUT2D eigenvalue weighted by Gasteiger charge is -2.22. The summed E-state index contributed by atoms with van der Waals surface area (Å²) in [6, 6.07) is 3.08. The molecule has 0 aromatic carbocycles. The van der Waals surface area contributed by atoms with Crippen LogP contribution >= 0.6 is 0 Å². The highest BCUT2D eigenvalue weighted by Gasteiger charge is 2.22. The van der Waals surface area contributed by atoms with E-state index >= 15 is 0 Å². The molecule has 0 aliphatic heterocycles. The number of amides is 1. The third kappa shape index (κ3) is 3.16. The summed E-state index contributed by atoms with van der Waals surface area (Å²) in [6.45, 7) is 2.13. The van der Waals surface area contributed by atoms with Crippen LogP contribution in [0.3, 0.4) is 0 Å². The number of carbonyl (C=O) groups excluding carboxylic acids is 1. The van der Waals surface area contributed by atoms with Crippen molar-refractivity contribution in [1.29, 1.82) is 0 Å². The first-order valence-corrected chi connectivity index (χ1v) is 6.95. The van der Waals surface area contributed by atoms with Gasteiger partial charge in [0.25, 0.3) is 5.91 Å². The normalized spacial score (nSPS) is 11.2. The van der Waals surface area contributed by atoms with Crippen molar-refractivity contribution < 1.29 is 13.2 Å². The molecule has 0 spiro atoms. The van der Waals surface area contributed by atoms with Gasteiger partial charge in [0.05, 0.1) is 11.9 Å². The van der Waals surface area contributed by atoms with E-state index in [0.29, 0.717) is 6.42 Å². The first kappa shape index (κ1) is 13.4. The third-order valence-corrected chi connectivity index (χ3v) is 3.30. The molecular weight excluding hydrogens is 242 g/mol. The number of hydrogen-bond donors (Lipinski definition) is 1. The van der Waals surface area contributed by atoms with Gasteiger partial charge in [0, 0.05) is 12.7 Å². The van der Waals surface area contributed by atoms with Crippen LogP contribution in [0.5, 0.6) is 0 Å². The van der Waals surface area contributed by atoms with Gasteiger partial charge >= 0.3 is 0 Å². The maximum Gasteiger partial charge on any atom is 0.269 e. The van der Waals surface area contributed by atoms with Gasteiger partial charge in [-0.2, -0.15) is 0 Å². The van der Waals surface area contributed by atoms with Gasteiger partial charge in [0.2, 0.25) is 10.0 Å². The molecule has 0 atom stereocenters. The van der Waals surface area contributed by atoms with Crippen LogP contribution in [0.4, 0.5) is 5.69 Å². The maximum absolute atomic E-state index is 11.6. The molecule has 0 aliphatic carbocycles. The largest absolute Gasteiger partial charge is 0.364 e. The molecule has 0 unspecified atom stereocenters. The second kappa shape index (κ2) is 5.13. The number of sulfonamides is 1. The molecule has 1 rings (SSSR count). The highest BCUT2D eigenvalue weighted by molar-refractivity contribution is 7.92. The predicted octanol–water partition coefficient (Wildman–Crippen LogP) is 0.357. The van der Waals surface area contributed by atoms with Crippen LogP contribution < -0.4 is 10.0 Å². The Labute approximate surface area is 100 Å². The minimum absolute atomic E-state index is 0.0358. The van der Waals surface area contributed by atoms with Gasteiger partial charge < -0.3 is 5.73 Å². The van der Waals surface area contributed by atoms with Crippen LogP contribution in [0.1, 0.15) is 23.8 Å². The third-order valence-electron chi connectivity index (χ3n) is 2.12. The van der Waals surface area contributed by atoms with Crippen molar-refractivity contribution in [3.8, 4) is 0 Å². The van der Waals surface area contributed by atoms with Crippen molar-refractivity contribution in [1.82, 2.24) is 4.98 Å². The highest BCUT2D eigenvalue weighted by atomic mass is 32.2. The van der Waals surface area contributed by atoms with E-state index in [9.17, 15) is 13.2 Å². The van der Waals surface area contributed by atoms with E-state index in [2.05, 4.69) is 4.98 Å². The summed E-state index contributed by atoms with van der Waals surface area (Å²) in [7, 11) is -3.45. The van der Waals surface area contributed by atoms with Gasteiger partial charge in [-0.3, -0.25) is 9.10 Å². The monoisotopic (exact) mass is 257 g/mol. The molecule has 6 nitrogen and oxygen atoms in total. The molecule has 0 radical (unpaired) electrons. The van der Waals surface area contributed by atoms with Crippen LogP contribution in [-0.4, -0.2) is 32.1 Å². The molecule has 0 bridgehead atoms. The number of hydrogen-bond acceptors (Lipinski definition) is 4. The lowest BCUT2D eigenvalue weighted by molar-refractivity contribution is 0.0996. The molecule has 2 N–H and O–H groups in total. The molecule has 1 amide bonds. The standard InChI is InChI=1S/C10H15N3O3S/c1-3-7-13(17(2,15)16)8-5-4-6-12-9(8)10(11)14/h4-6H,3,7H2,1-2H3,(H2,11,14). The maximum atomic E-state index is 11.6. The zero-order valence-electron chi connectivity index (χ0n) is 9.75. The molecule has 1 aromatic rings. The summed E-state index contributed by atoms with van der Waals surface area (Å²) in [5, 5.41) is 0. The molecule has 17 heavy (non-hydrogen) atoms. The fraction of sp³-hybridized carbons (Fsp3) is 0.400. The molecule has 7 heteroatoms. The Hall–Kier alpha value is -1.63. The topological polar surface area (TPSA) is 93.4 Å². The van der Waals surface area contributed by atoms with Crippen LogP contribution in [0.25, 0.3) is 0 Å². The van der Waals surface area contributed by atoms with Crippen molar-refractivity contribution in [2.75, 3.05) is 17.1 Å². The van der Waals surface area contributed by atoms with Crippen molar-refractivity contribution in [2.45, 2.75) is 13.3 Å². The number of carbonyl (C=O) groups is 1. The molecule has 0 aliphatic rings. The van der Waals surface area contributed by atoms with Gasteiger partial charge in [0.1, 0.15) is 0 Å². The fourth-order valence-corrected chi connectivity index (χ4v) is 2.47. The van der Waals surface area contributed by atoms with Crippen LogP contribution in [0.2, 0.25) is 0 Å². The minimum Gasteiger partial charge on any atom is -0.364 e. The molecule has 0 fully saturated rings. The Morgan fingerprint density at radius 3 is 2.65 bits per heavy atom. The number of rotatable bonds is 5. The highest BCUT2D eigenvalue weighted by Crippen LogP contribution is 2.20. The van der Waals surface area contributed by atoms with Crippen molar-refractivity contribution in [3.63, 3.8) is 0 Å². The zero-order valence-corrected chi connectivity index (χ0v) is 10.6. The Morgan fingerprint density at radius 2 is 2.18 bits per heavy atom. The Bertz CT molecular complexity index is 513. The van der Waals surface area contributed by atoms with E-state index in [4.69, 9.17) is 5.73 Å². The van der Waals surface area contributed by atoms with E-state index < -0.39 is 15.9 Å². The Kier molecular flexibility index (Phi) is 4.06. The van der Waals surface area contributed by atoms with Gasteiger partial charge in [-0.1, -0.05) is 6.92 Å². The summed E-state index contributed by atoms with van der Waals surface area (Å²) in [5.74, 6) is -0.745. The van der Waals surface area contributed by atoms with Crippen molar-refractivity contribution >= 4 is 21.6 Å². The molecule has 0 saturated heterocycles. The lowest BCUT2D eigenvalue weighted by atomic mass is 10.2. The molecule has 0 saturated carbocycles. The van der Waals surface area contributed by atoms with Gasteiger partial charge in [-0.15, -0.1) is 0 Å². The number of pyridine rings is 1. The molecule has 1 heterocycles. The number of anilines is 1. The number of nitrogens with two attached hydrogens (primary N) is 1. The molecule has 94 valence electrons. The summed E-state index contributed by atoms with van der Waals surface area (Å²) >= 11 is 0. The van der Waals surface area contributed by atoms with Crippen LogP contribution in [0.15, 0.2) is 18.3 Å². The van der Waals surface area contributed by atoms with Crippen LogP contribution in [0, 0.1) is 0 Å². The number of primary amides is 1. The van der Waals surface area contributed by atoms with E-state index in [0.717, 1.165) is 10.6 Å². The summed E-state index contributed by atoms with van der Waals surface area (Å²) in [5.41, 5.74) is 5.36. The Morgan fingerprint density at radius 1 is 1.53 bits per heavy atom. The van der Waals surface area contributed by atoms with E-state index in [1.54, 1.807) is 6.07 Å². The predicted molar refractivity (Wildman–Crippen MR) is 65.2 cm³/mol. The lowest BCUT2D eigenvalue weighted by Crippen LogP contribution is -2.33. The number of aromatic nitrogens is 1. The second-order valence-electron chi connectivity index (χ2n) is 3.57. The minimum atomic E-state index is -3.45. The summed E-state index contributed by atoms with van der Waals surface area (Å²) in [6.07, 6.45) is 3.11. The first-order valence-electron chi connectivity index (χ1n) is 5.10. The fourth-order valence-electron chi connectivity index (χ4n) is 1.46. The van der Waals surface area contributed by atoms with Crippen molar-refractivity contribution in [2.24, 2.45) is 5.73 Å². The Balaban J connectivity index is 3.33. The van der Waals surface area contributed by atoms with Crippen molar-refractivity contribution in [3.05, 3.63) is 24.0 Å². The van der Waals surface area contributed by atoms with E-state index in [1.807, 2.05) is 6.92 Å². The summed E-state index contributed by atoms with van der Waals surface area (Å²) < 4.78 is 24.4. The molecule has 1 aromatic heterocycles. The van der Waals surface area contributed by atoms with Gasteiger partial charge in [0.15, 0.2) is 5.69 Å². The first-order chi connectivity index (χ1) is 7.88. The second-order valence-corrected chi connectivity index (χ2v) is 5.48. The number of nitrogens with zero attached hydrogens (tertiary/aromatic N) is 2. The van der Waals surface area contributed by atoms with Crippen LogP contribution in [-0.2, 0) is 10.0 Å². The van der Waals surface area contributed by atoms with Gasteiger partial charge in [-0.05, 0) is 18.6 Å². The average Bonchev–Trinajstić information content (AvgIpc) is 2.24. The van der Waals surface area contributed by atoms with E-state index in [-0.39, 0.29) is 17.9 Å². The summed E-state index contributed by atoms with van der Waals surface area (Å²) in [4.78, 5) is 15.0. The van der Waals surface area contributed by atoms with E-state index in [1.165, 1.54) is 12.3 Å². The zero-order chi connectivity index (χ0) is 13.1. The smallest absolute Gasteiger partial charge is 0.269 e.